The van der Waals surface area contributed by atoms with Crippen molar-refractivity contribution in [2.45, 2.75) is 59.5 Å². The summed E-state index contributed by atoms with van der Waals surface area (Å²) in [6.45, 7) is 12.9. The summed E-state index contributed by atoms with van der Waals surface area (Å²) < 4.78 is 21.0. The fourth-order valence-corrected chi connectivity index (χ4v) is 4.88. The molecule has 8 nitrogen and oxygen atoms in total. The number of carbonyl (C=O) groups excluding carboxylic acids is 4. The van der Waals surface area contributed by atoms with Gasteiger partial charge >= 0.3 is 23.9 Å². The predicted octanol–water partition coefficient (Wildman–Crippen LogP) is 2.83. The smallest absolute Gasteiger partial charge is 0.323 e. The molecule has 2 fully saturated rings. The molecule has 0 spiro atoms. The summed E-state index contributed by atoms with van der Waals surface area (Å²) in [5.41, 5.74) is -1.57. The number of hydrogen-bond donors (Lipinski definition) is 0. The summed E-state index contributed by atoms with van der Waals surface area (Å²) in [6.07, 6.45) is 0.369. The van der Waals surface area contributed by atoms with Gasteiger partial charge < -0.3 is 18.9 Å². The highest BCUT2D eigenvalue weighted by atomic mass is 16.6. The molecule has 0 N–H and O–H groups in total. The molecule has 0 amide bonds. The number of carbonyl (C=O) groups is 4. The number of esters is 4. The molecule has 0 aliphatic heterocycles. The average Bonchev–Trinajstić information content (AvgIpc) is 3.09. The van der Waals surface area contributed by atoms with Crippen molar-refractivity contribution in [3.63, 3.8) is 0 Å². The van der Waals surface area contributed by atoms with Crippen LogP contribution in [0.5, 0.6) is 0 Å². The van der Waals surface area contributed by atoms with Crippen molar-refractivity contribution in [2.75, 3.05) is 20.3 Å². The molecule has 2 rings (SSSR count). The van der Waals surface area contributed by atoms with E-state index in [1.807, 2.05) is 0 Å². The fraction of sp³-hybridized carbons (Fsp3) is 0.739. The molecule has 174 valence electrons. The number of ether oxygens (including phenoxy) is 4. The molecule has 0 saturated heterocycles. The average molecular weight is 439 g/mol. The maximum absolute atomic E-state index is 13.0. The van der Waals surface area contributed by atoms with Crippen molar-refractivity contribution in [3.8, 4) is 0 Å². The van der Waals surface area contributed by atoms with E-state index in [1.165, 1.54) is 7.11 Å². The summed E-state index contributed by atoms with van der Waals surface area (Å²) in [6, 6.07) is 0. The van der Waals surface area contributed by atoms with Gasteiger partial charge in [-0.3, -0.25) is 19.2 Å². The summed E-state index contributed by atoms with van der Waals surface area (Å²) in [4.78, 5) is 51.6. The van der Waals surface area contributed by atoms with Gasteiger partial charge in [0.1, 0.15) is 5.60 Å². The molecule has 0 aromatic rings. The van der Waals surface area contributed by atoms with Crippen LogP contribution in [0, 0.1) is 29.1 Å². The maximum atomic E-state index is 13.0. The van der Waals surface area contributed by atoms with Gasteiger partial charge in [-0.1, -0.05) is 12.2 Å². The van der Waals surface area contributed by atoms with Crippen LogP contribution in [-0.2, 0) is 38.1 Å². The number of methoxy groups -OCH3 is 1. The highest BCUT2D eigenvalue weighted by molar-refractivity contribution is 6.01. The summed E-state index contributed by atoms with van der Waals surface area (Å²) >= 11 is 0. The molecule has 8 heteroatoms. The molecule has 0 aromatic heterocycles. The van der Waals surface area contributed by atoms with Crippen LogP contribution in [0.15, 0.2) is 12.2 Å². The first-order chi connectivity index (χ1) is 14.4. The molecule has 2 aliphatic rings. The summed E-state index contributed by atoms with van der Waals surface area (Å²) in [5, 5.41) is 0. The molecule has 0 radical (unpaired) electrons. The first kappa shape index (κ1) is 24.9. The molecule has 2 saturated carbocycles. The van der Waals surface area contributed by atoms with E-state index < -0.39 is 52.6 Å². The third-order valence-electron chi connectivity index (χ3n) is 6.09. The number of fused-ring (bicyclic) bond motifs is 1. The zero-order chi connectivity index (χ0) is 23.6. The van der Waals surface area contributed by atoms with E-state index in [1.54, 1.807) is 34.6 Å². The Labute approximate surface area is 183 Å². The number of hydrogen-bond acceptors (Lipinski definition) is 8. The minimum absolute atomic E-state index is 0.0212. The highest BCUT2D eigenvalue weighted by Gasteiger charge is 2.63. The Kier molecular flexibility index (Phi) is 7.55. The van der Waals surface area contributed by atoms with Crippen LogP contribution in [0.1, 0.15) is 53.9 Å². The summed E-state index contributed by atoms with van der Waals surface area (Å²) in [7, 11) is 1.26. The normalized spacial score (nSPS) is 27.1. The maximum Gasteiger partial charge on any atom is 0.323 e. The molecular weight excluding hydrogens is 404 g/mol. The predicted molar refractivity (Wildman–Crippen MR) is 111 cm³/mol. The number of allylic oxidation sites excluding steroid dienone is 1. The van der Waals surface area contributed by atoms with E-state index in [0.29, 0.717) is 5.57 Å². The van der Waals surface area contributed by atoms with Gasteiger partial charge in [-0.25, -0.2) is 0 Å². The first-order valence-electron chi connectivity index (χ1n) is 10.7. The zero-order valence-corrected chi connectivity index (χ0v) is 19.3. The molecule has 2 aliphatic carbocycles. The van der Waals surface area contributed by atoms with Crippen LogP contribution in [0.4, 0.5) is 0 Å². The minimum atomic E-state index is -1.54. The van der Waals surface area contributed by atoms with E-state index in [2.05, 4.69) is 6.58 Å². The third kappa shape index (κ3) is 4.93. The Balaban J connectivity index is 2.49. The van der Waals surface area contributed by atoms with E-state index in [9.17, 15) is 19.2 Å². The Morgan fingerprint density at radius 1 is 1.00 bits per heavy atom. The van der Waals surface area contributed by atoms with Crippen LogP contribution in [-0.4, -0.2) is 49.8 Å². The van der Waals surface area contributed by atoms with E-state index in [-0.39, 0.29) is 38.4 Å². The summed E-state index contributed by atoms with van der Waals surface area (Å²) in [5.74, 6) is -4.92. The lowest BCUT2D eigenvalue weighted by molar-refractivity contribution is -0.173. The topological polar surface area (TPSA) is 105 Å². The van der Waals surface area contributed by atoms with Gasteiger partial charge in [0, 0.05) is 0 Å². The van der Waals surface area contributed by atoms with E-state index >= 15 is 0 Å². The quantitative estimate of drug-likeness (QED) is 0.270. The van der Waals surface area contributed by atoms with Crippen molar-refractivity contribution in [3.05, 3.63) is 12.2 Å². The Morgan fingerprint density at radius 3 is 2.00 bits per heavy atom. The zero-order valence-electron chi connectivity index (χ0n) is 19.3. The van der Waals surface area contributed by atoms with E-state index in [0.717, 1.165) is 0 Å². The third-order valence-corrected chi connectivity index (χ3v) is 6.09. The molecule has 31 heavy (non-hydrogen) atoms. The molecule has 0 bridgehead atoms. The van der Waals surface area contributed by atoms with Gasteiger partial charge in [0.05, 0.1) is 32.2 Å². The lowest BCUT2D eigenvalue weighted by Gasteiger charge is -2.39. The largest absolute Gasteiger partial charge is 0.469 e. The van der Waals surface area contributed by atoms with Gasteiger partial charge in [-0.15, -0.1) is 0 Å². The van der Waals surface area contributed by atoms with Gasteiger partial charge in [0.2, 0.25) is 0 Å². The van der Waals surface area contributed by atoms with Gasteiger partial charge in [0.25, 0.3) is 0 Å². The monoisotopic (exact) mass is 438 g/mol. The van der Waals surface area contributed by atoms with Crippen LogP contribution in [0.2, 0.25) is 0 Å². The lowest BCUT2D eigenvalue weighted by Crippen LogP contribution is -2.44. The van der Waals surface area contributed by atoms with Crippen molar-refractivity contribution >= 4 is 23.9 Å². The lowest BCUT2D eigenvalue weighted by atomic mass is 9.66. The van der Waals surface area contributed by atoms with Crippen molar-refractivity contribution in [2.24, 2.45) is 29.1 Å². The second kappa shape index (κ2) is 9.40. The van der Waals surface area contributed by atoms with Crippen LogP contribution in [0.3, 0.4) is 0 Å². The second-order valence-corrected chi connectivity index (χ2v) is 9.25. The number of rotatable bonds is 6. The highest BCUT2D eigenvalue weighted by Crippen LogP contribution is 2.58. The first-order valence-corrected chi connectivity index (χ1v) is 10.7. The second-order valence-electron chi connectivity index (χ2n) is 9.25. The van der Waals surface area contributed by atoms with Crippen molar-refractivity contribution < 1.29 is 38.1 Å². The molecule has 0 aromatic carbocycles. The molecule has 0 unspecified atom stereocenters. The fourth-order valence-electron chi connectivity index (χ4n) is 4.88. The molecular formula is C23H34O8. The van der Waals surface area contributed by atoms with Gasteiger partial charge in [0.15, 0.2) is 5.41 Å². The van der Waals surface area contributed by atoms with E-state index in [4.69, 9.17) is 18.9 Å². The Bertz CT molecular complexity index is 729. The Morgan fingerprint density at radius 2 is 1.55 bits per heavy atom. The molecule has 0 heterocycles. The van der Waals surface area contributed by atoms with Crippen LogP contribution >= 0.6 is 0 Å². The van der Waals surface area contributed by atoms with Crippen LogP contribution in [0.25, 0.3) is 0 Å². The van der Waals surface area contributed by atoms with Crippen molar-refractivity contribution in [1.82, 2.24) is 0 Å². The Hall–Kier alpha value is -2.38. The minimum Gasteiger partial charge on any atom is -0.469 e. The molecule has 4 atom stereocenters. The van der Waals surface area contributed by atoms with Crippen LogP contribution < -0.4 is 0 Å². The standard InChI is InChI=1S/C23H34O8/c1-8-29-20(26)23(21(27)30-9-2)11-15-13(3)10-14(18(24)31-22(4,5)6)17(16(15)12-23)19(25)28-7/h14-17H,3,8-12H2,1-2,4-7H3/t14-,15+,16+,17+/m1/s1. The van der Waals surface area contributed by atoms with Gasteiger partial charge in [-0.2, -0.15) is 0 Å². The van der Waals surface area contributed by atoms with Crippen molar-refractivity contribution in [1.29, 1.82) is 0 Å². The SMILES string of the molecule is C=C1C[C@@H](C(=O)OC(C)(C)C)[C@H](C(=O)OC)[C@H]2CC(C(=O)OCC)(C(=O)OCC)C[C@@H]12. The van der Waals surface area contributed by atoms with Gasteiger partial charge in [-0.05, 0) is 65.7 Å².